The Hall–Kier alpha value is -1.78. The van der Waals surface area contributed by atoms with Crippen molar-refractivity contribution in [2.75, 3.05) is 0 Å². The van der Waals surface area contributed by atoms with Gasteiger partial charge in [0.2, 0.25) is 0 Å². The zero-order valence-corrected chi connectivity index (χ0v) is 8.34. The van der Waals surface area contributed by atoms with Gasteiger partial charge in [-0.3, -0.25) is 4.79 Å². The lowest BCUT2D eigenvalue weighted by Gasteiger charge is -2.14. The number of hydrogen-bond donors (Lipinski definition) is 0. The first-order valence-corrected chi connectivity index (χ1v) is 4.38. The highest BCUT2D eigenvalue weighted by Gasteiger charge is 2.36. The Labute approximate surface area is 90.0 Å². The molecule has 1 aromatic carbocycles. The molecule has 0 saturated carbocycles. The van der Waals surface area contributed by atoms with Crippen molar-refractivity contribution in [3.05, 3.63) is 41.5 Å². The van der Waals surface area contributed by atoms with Crippen molar-refractivity contribution in [1.82, 2.24) is 0 Å². The second-order valence-electron chi connectivity index (χ2n) is 3.19. The van der Waals surface area contributed by atoms with Crippen molar-refractivity contribution in [2.45, 2.75) is 13.1 Å². The molecule has 1 rings (SSSR count). The average Bonchev–Trinajstić information content (AvgIpc) is 2.16. The van der Waals surface area contributed by atoms with E-state index in [1.807, 2.05) is 0 Å². The molecule has 5 heteroatoms. The number of rotatable bonds is 2. The van der Waals surface area contributed by atoms with Crippen LogP contribution < -0.4 is 5.11 Å². The molecule has 0 aliphatic carbocycles. The second-order valence-corrected chi connectivity index (χ2v) is 3.19. The molecule has 0 unspecified atom stereocenters. The van der Waals surface area contributed by atoms with Gasteiger partial charge in [0, 0.05) is 0 Å². The van der Waals surface area contributed by atoms with Gasteiger partial charge in [-0.1, -0.05) is 30.0 Å². The summed E-state index contributed by atoms with van der Waals surface area (Å²) in [6.07, 6.45) is -4.93. The van der Waals surface area contributed by atoms with Crippen LogP contribution in [0.2, 0.25) is 0 Å². The molecule has 0 radical (unpaired) electrons. The van der Waals surface area contributed by atoms with E-state index >= 15 is 0 Å². The van der Waals surface area contributed by atoms with Crippen molar-refractivity contribution in [2.24, 2.45) is 0 Å². The molecule has 86 valence electrons. The molecule has 0 saturated heterocycles. The Bertz CT molecular complexity index is 433. The molecule has 0 aliphatic rings. The Morgan fingerprint density at radius 3 is 2.38 bits per heavy atom. The van der Waals surface area contributed by atoms with Crippen LogP contribution in [0, 0.1) is 6.92 Å². The van der Waals surface area contributed by atoms with Gasteiger partial charge in [-0.05, 0) is 24.1 Å². The normalized spacial score (nSPS) is 12.6. The maximum atomic E-state index is 11.9. The molecule has 0 amide bonds. The Kier molecular flexibility index (Phi) is 3.37. The number of alkyl halides is 3. The highest BCUT2D eigenvalue weighted by Crippen LogP contribution is 2.20. The summed E-state index contributed by atoms with van der Waals surface area (Å²) in [5, 5.41) is 11.3. The summed E-state index contributed by atoms with van der Waals surface area (Å²) >= 11 is 0. The van der Waals surface area contributed by atoms with Crippen LogP contribution in [-0.2, 0) is 4.79 Å². The van der Waals surface area contributed by atoms with Crippen molar-refractivity contribution in [3.63, 3.8) is 0 Å². The SMILES string of the molecule is Cc1ccccc1/C([O-])=C/C(=O)C(F)(F)F. The lowest BCUT2D eigenvalue weighted by molar-refractivity contribution is -0.244. The van der Waals surface area contributed by atoms with Gasteiger partial charge >= 0.3 is 6.18 Å². The van der Waals surface area contributed by atoms with Gasteiger partial charge < -0.3 is 5.11 Å². The number of carbonyl (C=O) groups is 1. The molecule has 0 spiro atoms. The molecule has 0 fully saturated rings. The van der Waals surface area contributed by atoms with Crippen LogP contribution in [0.5, 0.6) is 0 Å². The van der Waals surface area contributed by atoms with Gasteiger partial charge in [0.1, 0.15) is 0 Å². The third-order valence-electron chi connectivity index (χ3n) is 1.95. The van der Waals surface area contributed by atoms with E-state index < -0.39 is 17.7 Å². The molecule has 0 aliphatic heterocycles. The molecular weight excluding hydrogens is 221 g/mol. The molecule has 0 bridgehead atoms. The molecule has 0 N–H and O–H groups in total. The molecule has 0 aromatic heterocycles. The summed E-state index contributed by atoms with van der Waals surface area (Å²) in [7, 11) is 0. The van der Waals surface area contributed by atoms with E-state index in [0.717, 1.165) is 0 Å². The van der Waals surface area contributed by atoms with E-state index in [-0.39, 0.29) is 11.6 Å². The predicted octanol–water partition coefficient (Wildman–Crippen LogP) is 1.83. The topological polar surface area (TPSA) is 40.1 Å². The summed E-state index contributed by atoms with van der Waals surface area (Å²) in [5.74, 6) is -3.07. The monoisotopic (exact) mass is 229 g/mol. The highest BCUT2D eigenvalue weighted by atomic mass is 19.4. The maximum absolute atomic E-state index is 11.9. The van der Waals surface area contributed by atoms with Crippen LogP contribution in [-0.4, -0.2) is 12.0 Å². The van der Waals surface area contributed by atoms with Gasteiger partial charge in [0.25, 0.3) is 5.78 Å². The minimum atomic E-state index is -5.00. The lowest BCUT2D eigenvalue weighted by Crippen LogP contribution is -2.22. The highest BCUT2D eigenvalue weighted by molar-refractivity contribution is 5.99. The molecule has 16 heavy (non-hydrogen) atoms. The summed E-state index contributed by atoms with van der Waals surface area (Å²) in [6, 6.07) is 6.13. The van der Waals surface area contributed by atoms with E-state index in [2.05, 4.69) is 0 Å². The van der Waals surface area contributed by atoms with Gasteiger partial charge in [-0.2, -0.15) is 13.2 Å². The zero-order valence-electron chi connectivity index (χ0n) is 8.34. The Morgan fingerprint density at radius 1 is 1.31 bits per heavy atom. The minimum absolute atomic E-state index is 0.0718. The lowest BCUT2D eigenvalue weighted by atomic mass is 10.1. The molecule has 0 heterocycles. The van der Waals surface area contributed by atoms with Crippen LogP contribution in [0.25, 0.3) is 5.76 Å². The van der Waals surface area contributed by atoms with E-state index in [0.29, 0.717) is 5.56 Å². The first-order chi connectivity index (χ1) is 7.32. The predicted molar refractivity (Wildman–Crippen MR) is 50.2 cm³/mol. The van der Waals surface area contributed by atoms with Crippen LogP contribution in [0.1, 0.15) is 11.1 Å². The largest absolute Gasteiger partial charge is 0.872 e. The third kappa shape index (κ3) is 2.85. The molecule has 0 atom stereocenters. The van der Waals surface area contributed by atoms with Gasteiger partial charge in [-0.25, -0.2) is 0 Å². The third-order valence-corrected chi connectivity index (χ3v) is 1.95. The number of benzene rings is 1. The fraction of sp³-hybridized carbons (Fsp3) is 0.182. The van der Waals surface area contributed by atoms with Crippen LogP contribution in [0.15, 0.2) is 30.3 Å². The van der Waals surface area contributed by atoms with E-state index in [1.165, 1.54) is 12.1 Å². The Balaban J connectivity index is 3.04. The maximum Gasteiger partial charge on any atom is 0.454 e. The average molecular weight is 229 g/mol. The van der Waals surface area contributed by atoms with Crippen LogP contribution >= 0.6 is 0 Å². The molecular formula is C11H8F3O2-. The minimum Gasteiger partial charge on any atom is -0.872 e. The smallest absolute Gasteiger partial charge is 0.454 e. The van der Waals surface area contributed by atoms with Crippen LogP contribution in [0.4, 0.5) is 13.2 Å². The molecule has 1 aromatic rings. The fourth-order valence-corrected chi connectivity index (χ4v) is 1.13. The quantitative estimate of drug-likeness (QED) is 0.573. The number of aryl methyl sites for hydroxylation is 1. The van der Waals surface area contributed by atoms with Crippen molar-refractivity contribution < 1.29 is 23.1 Å². The van der Waals surface area contributed by atoms with E-state index in [4.69, 9.17) is 0 Å². The van der Waals surface area contributed by atoms with Gasteiger partial charge in [0.15, 0.2) is 0 Å². The van der Waals surface area contributed by atoms with Gasteiger partial charge in [-0.15, -0.1) is 0 Å². The van der Waals surface area contributed by atoms with Crippen molar-refractivity contribution in [1.29, 1.82) is 0 Å². The number of hydrogen-bond acceptors (Lipinski definition) is 2. The number of halogens is 3. The number of allylic oxidation sites excluding steroid dienone is 1. The summed E-state index contributed by atoms with van der Waals surface area (Å²) in [6.45, 7) is 1.58. The standard InChI is InChI=1S/C11H9F3O2/c1-7-4-2-3-5-8(7)9(15)6-10(16)11(12,13)14/h2-6,15H,1H3/p-1/b9-6-. The second kappa shape index (κ2) is 4.38. The first-order valence-electron chi connectivity index (χ1n) is 4.38. The fourth-order valence-electron chi connectivity index (χ4n) is 1.13. The zero-order chi connectivity index (χ0) is 12.3. The number of carbonyl (C=O) groups excluding carboxylic acids is 1. The Morgan fingerprint density at radius 2 is 1.88 bits per heavy atom. The summed E-state index contributed by atoms with van der Waals surface area (Å²) in [4.78, 5) is 10.6. The number of ketones is 1. The van der Waals surface area contributed by atoms with Crippen LogP contribution in [0.3, 0.4) is 0 Å². The van der Waals surface area contributed by atoms with Gasteiger partial charge in [0.05, 0.1) is 0 Å². The van der Waals surface area contributed by atoms with E-state index in [9.17, 15) is 23.1 Å². The van der Waals surface area contributed by atoms with E-state index in [1.54, 1.807) is 19.1 Å². The van der Waals surface area contributed by atoms with Crippen molar-refractivity contribution >= 4 is 11.5 Å². The first kappa shape index (κ1) is 12.3. The molecule has 2 nitrogen and oxygen atoms in total. The summed E-state index contributed by atoms with van der Waals surface area (Å²) in [5.41, 5.74) is 0.624. The van der Waals surface area contributed by atoms with Crippen molar-refractivity contribution in [3.8, 4) is 0 Å². The summed E-state index contributed by atoms with van der Waals surface area (Å²) < 4.78 is 35.7.